The maximum absolute atomic E-state index is 10.8. The van der Waals surface area contributed by atoms with Gasteiger partial charge in [-0.05, 0) is 38.5 Å². The molecule has 0 aromatic rings. The van der Waals surface area contributed by atoms with Crippen LogP contribution in [0.15, 0.2) is 0 Å². The van der Waals surface area contributed by atoms with Crippen molar-refractivity contribution in [2.75, 3.05) is 26.4 Å². The van der Waals surface area contributed by atoms with Crippen molar-refractivity contribution in [3.05, 3.63) is 0 Å². The summed E-state index contributed by atoms with van der Waals surface area (Å²) >= 11 is 0. The van der Waals surface area contributed by atoms with Crippen molar-refractivity contribution < 1.29 is 19.3 Å². The van der Waals surface area contributed by atoms with Gasteiger partial charge in [0.25, 0.3) is 0 Å². The van der Waals surface area contributed by atoms with Gasteiger partial charge in [-0.3, -0.25) is 0 Å². The van der Waals surface area contributed by atoms with Crippen LogP contribution in [0.1, 0.15) is 45.4 Å². The van der Waals surface area contributed by atoms with Gasteiger partial charge in [0.15, 0.2) is 0 Å². The predicted molar refractivity (Wildman–Crippen MR) is 71.1 cm³/mol. The Hall–Kier alpha value is -0.160. The summed E-state index contributed by atoms with van der Waals surface area (Å²) in [5.41, 5.74) is -0.525. The highest BCUT2D eigenvalue weighted by molar-refractivity contribution is 5.04. The van der Waals surface area contributed by atoms with Crippen molar-refractivity contribution in [3.63, 3.8) is 0 Å². The van der Waals surface area contributed by atoms with E-state index in [9.17, 15) is 5.11 Å². The van der Waals surface area contributed by atoms with Crippen molar-refractivity contribution >= 4 is 0 Å². The number of ether oxygens (including phenoxy) is 3. The van der Waals surface area contributed by atoms with Gasteiger partial charge in [-0.25, -0.2) is 0 Å². The fourth-order valence-corrected chi connectivity index (χ4v) is 3.99. The van der Waals surface area contributed by atoms with E-state index in [1.807, 2.05) is 6.92 Å². The molecule has 3 rings (SSSR count). The third kappa shape index (κ3) is 2.68. The van der Waals surface area contributed by atoms with Gasteiger partial charge >= 0.3 is 0 Å². The van der Waals surface area contributed by atoms with E-state index in [-0.39, 0.29) is 11.7 Å². The maximum atomic E-state index is 10.8. The highest BCUT2D eigenvalue weighted by Crippen LogP contribution is 2.48. The van der Waals surface area contributed by atoms with Gasteiger partial charge in [-0.15, -0.1) is 0 Å². The molecular weight excluding hydrogens is 244 g/mol. The Labute approximate surface area is 115 Å². The predicted octanol–water partition coefficient (Wildman–Crippen LogP) is 1.89. The molecule has 19 heavy (non-hydrogen) atoms. The van der Waals surface area contributed by atoms with Gasteiger partial charge < -0.3 is 19.3 Å². The second-order valence-electron chi connectivity index (χ2n) is 6.42. The third-order valence-electron chi connectivity index (χ3n) is 5.22. The Bertz CT molecular complexity index is 300. The second-order valence-corrected chi connectivity index (χ2v) is 6.42. The fraction of sp³-hybridized carbons (Fsp3) is 1.00. The first-order valence-electron chi connectivity index (χ1n) is 7.71. The molecule has 0 aromatic heterocycles. The lowest BCUT2D eigenvalue weighted by Gasteiger charge is -2.53. The number of rotatable bonds is 3. The second kappa shape index (κ2) is 5.32. The highest BCUT2D eigenvalue weighted by atomic mass is 16.5. The lowest BCUT2D eigenvalue weighted by Crippen LogP contribution is -2.58. The largest absolute Gasteiger partial charge is 0.389 e. The highest BCUT2D eigenvalue weighted by Gasteiger charge is 2.52. The van der Waals surface area contributed by atoms with Gasteiger partial charge in [0, 0.05) is 39.3 Å². The molecule has 2 saturated heterocycles. The minimum absolute atomic E-state index is 0.0202. The minimum Gasteiger partial charge on any atom is -0.389 e. The zero-order chi connectivity index (χ0) is 13.3. The molecule has 2 aliphatic heterocycles. The molecule has 1 aliphatic carbocycles. The summed E-state index contributed by atoms with van der Waals surface area (Å²) < 4.78 is 17.1. The monoisotopic (exact) mass is 270 g/mol. The van der Waals surface area contributed by atoms with Crippen LogP contribution in [0.5, 0.6) is 0 Å². The van der Waals surface area contributed by atoms with Crippen LogP contribution in [-0.4, -0.2) is 48.8 Å². The molecule has 110 valence electrons. The Morgan fingerprint density at radius 1 is 1.16 bits per heavy atom. The van der Waals surface area contributed by atoms with E-state index >= 15 is 0 Å². The van der Waals surface area contributed by atoms with Gasteiger partial charge in [0.2, 0.25) is 0 Å². The minimum atomic E-state index is -0.505. The molecule has 2 heterocycles. The molecule has 4 nitrogen and oxygen atoms in total. The smallest absolute Gasteiger partial charge is 0.0730 e. The Balaban J connectivity index is 1.59. The maximum Gasteiger partial charge on any atom is 0.0730 e. The lowest BCUT2D eigenvalue weighted by molar-refractivity contribution is -0.216. The molecule has 1 unspecified atom stereocenters. The van der Waals surface area contributed by atoms with Crippen molar-refractivity contribution in [1.29, 1.82) is 0 Å². The molecule has 1 spiro atoms. The summed E-state index contributed by atoms with van der Waals surface area (Å²) in [6.07, 6.45) is 5.81. The van der Waals surface area contributed by atoms with Crippen molar-refractivity contribution in [3.8, 4) is 0 Å². The van der Waals surface area contributed by atoms with E-state index in [1.165, 1.54) is 0 Å². The van der Waals surface area contributed by atoms with Crippen LogP contribution in [0.2, 0.25) is 0 Å². The summed E-state index contributed by atoms with van der Waals surface area (Å²) in [5, 5.41) is 10.8. The summed E-state index contributed by atoms with van der Waals surface area (Å²) in [6, 6.07) is 0. The van der Waals surface area contributed by atoms with E-state index in [0.29, 0.717) is 5.92 Å². The van der Waals surface area contributed by atoms with Crippen molar-refractivity contribution in [2.45, 2.75) is 62.8 Å². The molecule has 0 radical (unpaired) electrons. The van der Waals surface area contributed by atoms with Crippen LogP contribution in [-0.2, 0) is 14.2 Å². The van der Waals surface area contributed by atoms with E-state index in [0.717, 1.165) is 65.0 Å². The summed E-state index contributed by atoms with van der Waals surface area (Å²) in [6.45, 7) is 5.14. The molecule has 1 atom stereocenters. The molecule has 1 saturated carbocycles. The van der Waals surface area contributed by atoms with Crippen LogP contribution in [0.25, 0.3) is 0 Å². The van der Waals surface area contributed by atoms with Crippen LogP contribution >= 0.6 is 0 Å². The Morgan fingerprint density at radius 3 is 2.58 bits per heavy atom. The van der Waals surface area contributed by atoms with Crippen LogP contribution in [0, 0.1) is 5.92 Å². The van der Waals surface area contributed by atoms with Crippen LogP contribution in [0.4, 0.5) is 0 Å². The van der Waals surface area contributed by atoms with Gasteiger partial charge in [0.1, 0.15) is 0 Å². The summed E-state index contributed by atoms with van der Waals surface area (Å²) in [5.74, 6) is 0.371. The number of hydrogen-bond donors (Lipinski definition) is 1. The first-order chi connectivity index (χ1) is 9.16. The Morgan fingerprint density at radius 2 is 1.89 bits per heavy atom. The molecule has 1 N–H and O–H groups in total. The van der Waals surface area contributed by atoms with Crippen molar-refractivity contribution in [2.24, 2.45) is 5.92 Å². The third-order valence-corrected chi connectivity index (χ3v) is 5.22. The standard InChI is InChI=1S/C15H26O4/c1-2-18-13-10-15(16,11-13)12-3-6-19-14(9-12)4-7-17-8-5-14/h12-13,16H,2-11H2,1H3. The first kappa shape index (κ1) is 13.8. The van der Waals surface area contributed by atoms with E-state index in [2.05, 4.69) is 0 Å². The van der Waals surface area contributed by atoms with Gasteiger partial charge in [-0.2, -0.15) is 0 Å². The quantitative estimate of drug-likeness (QED) is 0.851. The normalized spacial score (nSPS) is 42.0. The van der Waals surface area contributed by atoms with Gasteiger partial charge in [-0.1, -0.05) is 0 Å². The summed E-state index contributed by atoms with van der Waals surface area (Å²) in [7, 11) is 0. The first-order valence-corrected chi connectivity index (χ1v) is 7.71. The zero-order valence-corrected chi connectivity index (χ0v) is 11.9. The molecule has 4 heteroatoms. The average molecular weight is 270 g/mol. The zero-order valence-electron chi connectivity index (χ0n) is 11.9. The Kier molecular flexibility index (Phi) is 3.87. The molecule has 3 aliphatic rings. The van der Waals surface area contributed by atoms with Crippen LogP contribution in [0.3, 0.4) is 0 Å². The molecule has 0 aromatic carbocycles. The number of aliphatic hydroxyl groups is 1. The topological polar surface area (TPSA) is 47.9 Å². The lowest BCUT2D eigenvalue weighted by atomic mass is 9.63. The van der Waals surface area contributed by atoms with Crippen LogP contribution < -0.4 is 0 Å². The molecule has 0 bridgehead atoms. The average Bonchev–Trinajstić information content (AvgIpc) is 2.38. The van der Waals surface area contributed by atoms with E-state index in [4.69, 9.17) is 14.2 Å². The fourth-order valence-electron chi connectivity index (χ4n) is 3.99. The van der Waals surface area contributed by atoms with E-state index in [1.54, 1.807) is 0 Å². The SMILES string of the molecule is CCOC1CC(O)(C2CCOC3(CCOCC3)C2)C1. The molecular formula is C15H26O4. The molecule has 3 fully saturated rings. The summed E-state index contributed by atoms with van der Waals surface area (Å²) in [4.78, 5) is 0. The van der Waals surface area contributed by atoms with Crippen molar-refractivity contribution in [1.82, 2.24) is 0 Å². The molecule has 0 amide bonds. The van der Waals surface area contributed by atoms with E-state index < -0.39 is 5.60 Å². The number of hydrogen-bond acceptors (Lipinski definition) is 4. The van der Waals surface area contributed by atoms with Gasteiger partial charge in [0.05, 0.1) is 17.3 Å².